The average Bonchev–Trinajstić information content (AvgIpc) is 2.67. The van der Waals surface area contributed by atoms with Gasteiger partial charge in [0.2, 0.25) is 0 Å². The summed E-state index contributed by atoms with van der Waals surface area (Å²) in [5, 5.41) is 10.6. The van der Waals surface area contributed by atoms with Gasteiger partial charge in [-0.15, -0.1) is 0 Å². The van der Waals surface area contributed by atoms with Gasteiger partial charge in [0.1, 0.15) is 12.3 Å². The number of fused-ring (bicyclic) bond motifs is 2. The molecule has 0 aromatic heterocycles. The zero-order valence-corrected chi connectivity index (χ0v) is 13.3. The Hall–Kier alpha value is -0.380. The molecular formula is C17H29NO2. The molecule has 1 saturated carbocycles. The third-order valence-electron chi connectivity index (χ3n) is 6.05. The molecule has 2 heterocycles. The molecule has 1 aliphatic carbocycles. The lowest BCUT2D eigenvalue weighted by Crippen LogP contribution is -2.64. The van der Waals surface area contributed by atoms with Crippen molar-refractivity contribution in [3.63, 3.8) is 0 Å². The Bertz CT molecular complexity index is 406. The number of aliphatic hydroxyl groups excluding tert-OH is 1. The van der Waals surface area contributed by atoms with E-state index in [2.05, 4.69) is 32.3 Å². The molecule has 0 amide bonds. The predicted molar refractivity (Wildman–Crippen MR) is 80.3 cm³/mol. The quantitative estimate of drug-likeness (QED) is 0.749. The number of rotatable bonds is 1. The number of ether oxygens (including phenoxy) is 1. The van der Waals surface area contributed by atoms with E-state index < -0.39 is 6.10 Å². The first-order chi connectivity index (χ1) is 9.32. The Balaban J connectivity index is 1.88. The zero-order valence-electron chi connectivity index (χ0n) is 13.3. The van der Waals surface area contributed by atoms with Gasteiger partial charge in [-0.25, -0.2) is 0 Å². The Morgan fingerprint density at radius 3 is 2.70 bits per heavy atom. The minimum absolute atomic E-state index is 0.110. The fraction of sp³-hybridized carbons (Fsp3) is 0.882. The van der Waals surface area contributed by atoms with Crippen LogP contribution in [-0.2, 0) is 4.74 Å². The van der Waals surface area contributed by atoms with Crippen LogP contribution in [0, 0.1) is 17.8 Å². The lowest BCUT2D eigenvalue weighted by molar-refractivity contribution is -0.237. The lowest BCUT2D eigenvalue weighted by atomic mass is 9.70. The summed E-state index contributed by atoms with van der Waals surface area (Å²) in [5.74, 6) is 1.48. The summed E-state index contributed by atoms with van der Waals surface area (Å²) >= 11 is 0. The molecular weight excluding hydrogens is 250 g/mol. The van der Waals surface area contributed by atoms with Crippen LogP contribution in [0.25, 0.3) is 0 Å². The number of aliphatic hydroxyl groups is 1. The summed E-state index contributed by atoms with van der Waals surface area (Å²) in [6, 6.07) is 0. The Morgan fingerprint density at radius 2 is 2.05 bits per heavy atom. The van der Waals surface area contributed by atoms with E-state index in [0.29, 0.717) is 12.0 Å². The van der Waals surface area contributed by atoms with Crippen molar-refractivity contribution < 1.29 is 9.84 Å². The molecule has 0 aromatic carbocycles. The van der Waals surface area contributed by atoms with Crippen molar-refractivity contribution in [1.29, 1.82) is 0 Å². The Labute approximate surface area is 123 Å². The summed E-state index contributed by atoms with van der Waals surface area (Å²) in [6.45, 7) is 14.0. The molecule has 2 aliphatic heterocycles. The van der Waals surface area contributed by atoms with Crippen molar-refractivity contribution in [1.82, 2.24) is 4.90 Å². The van der Waals surface area contributed by atoms with Crippen LogP contribution in [0.3, 0.4) is 0 Å². The van der Waals surface area contributed by atoms with E-state index >= 15 is 0 Å². The first-order valence-corrected chi connectivity index (χ1v) is 8.08. The normalized spacial score (nSPS) is 47.6. The van der Waals surface area contributed by atoms with Crippen molar-refractivity contribution in [2.24, 2.45) is 17.8 Å². The highest BCUT2D eigenvalue weighted by Gasteiger charge is 2.56. The second kappa shape index (κ2) is 4.82. The Kier molecular flexibility index (Phi) is 3.51. The number of nitrogens with zero attached hydrogens (tertiary/aromatic N) is 1. The van der Waals surface area contributed by atoms with Crippen LogP contribution in [0.1, 0.15) is 47.0 Å². The second-order valence-electron chi connectivity index (χ2n) is 7.84. The van der Waals surface area contributed by atoms with Crippen molar-refractivity contribution in [2.45, 2.75) is 70.9 Å². The molecule has 3 rings (SSSR count). The molecule has 0 spiro atoms. The van der Waals surface area contributed by atoms with Gasteiger partial charge in [-0.1, -0.05) is 25.5 Å². The topological polar surface area (TPSA) is 32.7 Å². The molecule has 2 unspecified atom stereocenters. The minimum atomic E-state index is -0.426. The van der Waals surface area contributed by atoms with E-state index in [0.717, 1.165) is 24.5 Å². The third kappa shape index (κ3) is 2.06. The molecule has 2 saturated heterocycles. The van der Waals surface area contributed by atoms with Gasteiger partial charge in [-0.3, -0.25) is 4.90 Å². The van der Waals surface area contributed by atoms with Crippen LogP contribution in [0.5, 0.6) is 0 Å². The third-order valence-corrected chi connectivity index (χ3v) is 6.05. The molecule has 20 heavy (non-hydrogen) atoms. The van der Waals surface area contributed by atoms with Crippen molar-refractivity contribution in [2.75, 3.05) is 6.54 Å². The van der Waals surface area contributed by atoms with Gasteiger partial charge in [-0.2, -0.15) is 0 Å². The largest absolute Gasteiger partial charge is 0.388 e. The molecule has 3 fully saturated rings. The molecule has 0 radical (unpaired) electrons. The highest BCUT2D eigenvalue weighted by atomic mass is 16.5. The van der Waals surface area contributed by atoms with Gasteiger partial charge >= 0.3 is 0 Å². The predicted octanol–water partition coefficient (Wildman–Crippen LogP) is 2.79. The zero-order chi connectivity index (χ0) is 14.7. The molecule has 1 N–H and O–H groups in total. The monoisotopic (exact) mass is 279 g/mol. The van der Waals surface area contributed by atoms with Crippen LogP contribution in [-0.4, -0.2) is 40.5 Å². The van der Waals surface area contributed by atoms with E-state index in [4.69, 9.17) is 4.74 Å². The van der Waals surface area contributed by atoms with Gasteiger partial charge < -0.3 is 9.84 Å². The SMILES string of the molecule is C=C(C)[C@@H]1CN2[C@@H](OC3C[C@H](C)CCC3C2(C)C)[C@@H]1O. The van der Waals surface area contributed by atoms with Crippen molar-refractivity contribution in [3.05, 3.63) is 12.2 Å². The van der Waals surface area contributed by atoms with Gasteiger partial charge in [0.05, 0.1) is 6.10 Å². The number of hydrogen-bond acceptors (Lipinski definition) is 3. The highest BCUT2D eigenvalue weighted by Crippen LogP contribution is 2.48. The van der Waals surface area contributed by atoms with Crippen molar-refractivity contribution >= 4 is 0 Å². The maximum atomic E-state index is 10.6. The molecule has 0 aromatic rings. The highest BCUT2D eigenvalue weighted by molar-refractivity contribution is 5.12. The van der Waals surface area contributed by atoms with Gasteiger partial charge in [0.15, 0.2) is 0 Å². The lowest BCUT2D eigenvalue weighted by Gasteiger charge is -2.55. The molecule has 3 nitrogen and oxygen atoms in total. The summed E-state index contributed by atoms with van der Waals surface area (Å²) in [7, 11) is 0. The standard InChI is InChI=1S/C17H29NO2/c1-10(2)12-9-18-16(15(12)19)20-14-8-11(3)6-7-13(14)17(18,4)5/h11-16,19H,1,6-9H2,2-5H3/t11-,12+,13?,14?,15-,16+/m1/s1. The molecule has 114 valence electrons. The van der Waals surface area contributed by atoms with Crippen molar-refractivity contribution in [3.8, 4) is 0 Å². The van der Waals surface area contributed by atoms with Gasteiger partial charge in [0.25, 0.3) is 0 Å². The van der Waals surface area contributed by atoms with Crippen LogP contribution < -0.4 is 0 Å². The first kappa shape index (κ1) is 14.6. The van der Waals surface area contributed by atoms with Gasteiger partial charge in [-0.05, 0) is 39.5 Å². The maximum Gasteiger partial charge on any atom is 0.138 e. The van der Waals surface area contributed by atoms with E-state index in [1.165, 1.54) is 12.8 Å². The van der Waals surface area contributed by atoms with Crippen LogP contribution in [0.2, 0.25) is 0 Å². The molecule has 3 heteroatoms. The van der Waals surface area contributed by atoms with Gasteiger partial charge in [0, 0.05) is 23.9 Å². The van der Waals surface area contributed by atoms with Crippen LogP contribution in [0.4, 0.5) is 0 Å². The van der Waals surface area contributed by atoms with E-state index in [1.807, 2.05) is 6.92 Å². The second-order valence-corrected chi connectivity index (χ2v) is 7.84. The Morgan fingerprint density at radius 1 is 1.35 bits per heavy atom. The smallest absolute Gasteiger partial charge is 0.138 e. The average molecular weight is 279 g/mol. The van der Waals surface area contributed by atoms with E-state index in [1.54, 1.807) is 0 Å². The minimum Gasteiger partial charge on any atom is -0.388 e. The maximum absolute atomic E-state index is 10.6. The summed E-state index contributed by atoms with van der Waals surface area (Å²) in [4.78, 5) is 2.40. The fourth-order valence-electron chi connectivity index (χ4n) is 4.65. The van der Waals surface area contributed by atoms with E-state index in [9.17, 15) is 5.11 Å². The fourth-order valence-corrected chi connectivity index (χ4v) is 4.65. The first-order valence-electron chi connectivity index (χ1n) is 8.08. The van der Waals surface area contributed by atoms with Crippen LogP contribution >= 0.6 is 0 Å². The molecule has 3 aliphatic rings. The summed E-state index contributed by atoms with van der Waals surface area (Å²) in [6.07, 6.45) is 3.44. The molecule has 6 atom stereocenters. The summed E-state index contributed by atoms with van der Waals surface area (Å²) < 4.78 is 6.35. The summed E-state index contributed by atoms with van der Waals surface area (Å²) in [5.41, 5.74) is 1.18. The molecule has 0 bridgehead atoms. The van der Waals surface area contributed by atoms with Crippen LogP contribution in [0.15, 0.2) is 12.2 Å². The number of hydrogen-bond donors (Lipinski definition) is 1. The van der Waals surface area contributed by atoms with E-state index in [-0.39, 0.29) is 17.7 Å².